The molecule has 0 bridgehead atoms. The van der Waals surface area contributed by atoms with Crippen LogP contribution in [0.2, 0.25) is 0 Å². The Balaban J connectivity index is 1.33. The van der Waals surface area contributed by atoms with Crippen molar-refractivity contribution in [2.45, 2.75) is 19.4 Å². The number of aromatic nitrogens is 1. The predicted octanol–water partition coefficient (Wildman–Crippen LogP) is 6.27. The second kappa shape index (κ2) is 10.9. The molecule has 37 heavy (non-hydrogen) atoms. The molecular formula is C29H29FN2O5. The van der Waals surface area contributed by atoms with Gasteiger partial charge < -0.3 is 24.2 Å². The third-order valence-corrected chi connectivity index (χ3v) is 6.61. The van der Waals surface area contributed by atoms with E-state index in [0.717, 1.165) is 19.5 Å². The van der Waals surface area contributed by atoms with Gasteiger partial charge in [-0.2, -0.15) is 0 Å². The average molecular weight is 505 g/mol. The van der Waals surface area contributed by atoms with E-state index in [1.807, 2.05) is 24.3 Å². The van der Waals surface area contributed by atoms with E-state index in [2.05, 4.69) is 17.0 Å². The molecule has 0 spiro atoms. The Bertz CT molecular complexity index is 1240. The molecule has 0 saturated carbocycles. The van der Waals surface area contributed by atoms with Crippen molar-refractivity contribution in [3.63, 3.8) is 0 Å². The highest BCUT2D eigenvalue weighted by molar-refractivity contribution is 5.77. The van der Waals surface area contributed by atoms with E-state index in [0.29, 0.717) is 46.4 Å². The first-order chi connectivity index (χ1) is 18.0. The number of phenolic OH excluding ortho intramolecular Hbond substituents is 2. The molecule has 1 fully saturated rings. The Morgan fingerprint density at radius 3 is 2.19 bits per heavy atom. The summed E-state index contributed by atoms with van der Waals surface area (Å²) in [6, 6.07) is 20.7. The van der Waals surface area contributed by atoms with Crippen LogP contribution in [0.5, 0.6) is 28.7 Å². The minimum atomic E-state index is -0.263. The molecule has 2 heterocycles. The zero-order valence-corrected chi connectivity index (χ0v) is 20.5. The summed E-state index contributed by atoms with van der Waals surface area (Å²) >= 11 is 0. The van der Waals surface area contributed by atoms with Crippen LogP contribution in [0, 0.1) is 5.92 Å². The summed E-state index contributed by atoms with van der Waals surface area (Å²) in [5.74, 6) is 2.52. The van der Waals surface area contributed by atoms with E-state index in [1.165, 1.54) is 0 Å². The highest BCUT2D eigenvalue weighted by atomic mass is 19.1. The summed E-state index contributed by atoms with van der Waals surface area (Å²) in [6.45, 7) is 4.03. The molecule has 0 amide bonds. The summed E-state index contributed by atoms with van der Waals surface area (Å²) in [5.41, 5.74) is 1.89. The van der Waals surface area contributed by atoms with Crippen LogP contribution in [0.4, 0.5) is 4.39 Å². The number of hydrogen-bond donors (Lipinski definition) is 2. The Morgan fingerprint density at radius 1 is 0.946 bits per heavy atom. The van der Waals surface area contributed by atoms with Crippen molar-refractivity contribution in [3.8, 4) is 51.3 Å². The number of aromatic hydroxyl groups is 2. The van der Waals surface area contributed by atoms with Crippen LogP contribution in [-0.2, 0) is 0 Å². The highest BCUT2D eigenvalue weighted by Crippen LogP contribution is 2.42. The molecule has 1 aromatic heterocycles. The fraction of sp³-hybridized carbons (Fsp3) is 0.276. The zero-order valence-electron chi connectivity index (χ0n) is 20.5. The maximum absolute atomic E-state index is 12.9. The van der Waals surface area contributed by atoms with Gasteiger partial charge in [0, 0.05) is 29.6 Å². The number of likely N-dealkylation sites (tertiary alicyclic amines) is 1. The molecule has 1 aliphatic rings. The number of phenols is 2. The molecule has 2 unspecified atom stereocenters. The monoisotopic (exact) mass is 504 g/mol. The van der Waals surface area contributed by atoms with Crippen molar-refractivity contribution in [2.75, 3.05) is 26.4 Å². The Kier molecular flexibility index (Phi) is 7.28. The standard InChI is InChI=1S/C29H29FN2O5/c1-19(32-15-14-20(16-30)17-32)18-35-25-10-12-26(13-11-25)36-29-27(21-2-6-23(33)7-3-21)31-37-28(29)22-4-8-24(34)9-5-22/h2-13,19-20,33-34H,14-18H2,1H3. The highest BCUT2D eigenvalue weighted by Gasteiger charge is 2.26. The van der Waals surface area contributed by atoms with Crippen LogP contribution in [0.15, 0.2) is 77.3 Å². The lowest BCUT2D eigenvalue weighted by Gasteiger charge is -2.24. The molecule has 7 nitrogen and oxygen atoms in total. The quantitative estimate of drug-likeness (QED) is 0.278. The van der Waals surface area contributed by atoms with Gasteiger partial charge in [-0.3, -0.25) is 9.29 Å². The lowest BCUT2D eigenvalue weighted by atomic mass is 10.1. The van der Waals surface area contributed by atoms with Crippen molar-refractivity contribution < 1.29 is 28.6 Å². The third-order valence-electron chi connectivity index (χ3n) is 6.61. The molecule has 3 aromatic carbocycles. The minimum absolute atomic E-state index is 0.134. The summed E-state index contributed by atoms with van der Waals surface area (Å²) in [6.07, 6.45) is 0.897. The number of hydrogen-bond acceptors (Lipinski definition) is 7. The molecule has 192 valence electrons. The number of alkyl halides is 1. The molecule has 2 N–H and O–H groups in total. The fourth-order valence-electron chi connectivity index (χ4n) is 4.41. The summed E-state index contributed by atoms with van der Waals surface area (Å²) in [7, 11) is 0. The van der Waals surface area contributed by atoms with Gasteiger partial charge in [0.2, 0.25) is 11.5 Å². The summed E-state index contributed by atoms with van der Waals surface area (Å²) in [4.78, 5) is 2.27. The minimum Gasteiger partial charge on any atom is -0.508 e. The van der Waals surface area contributed by atoms with E-state index < -0.39 is 0 Å². The van der Waals surface area contributed by atoms with Crippen molar-refractivity contribution in [1.82, 2.24) is 10.1 Å². The molecule has 5 rings (SSSR count). The average Bonchev–Trinajstić information content (AvgIpc) is 3.57. The number of nitrogens with zero attached hydrogens (tertiary/aromatic N) is 2. The second-order valence-corrected chi connectivity index (χ2v) is 9.32. The first-order valence-corrected chi connectivity index (χ1v) is 12.3. The van der Waals surface area contributed by atoms with E-state index in [1.54, 1.807) is 48.5 Å². The van der Waals surface area contributed by atoms with Crippen LogP contribution in [-0.4, -0.2) is 52.7 Å². The smallest absolute Gasteiger partial charge is 0.210 e. The van der Waals surface area contributed by atoms with E-state index in [9.17, 15) is 14.6 Å². The van der Waals surface area contributed by atoms with Crippen LogP contribution in [0.25, 0.3) is 22.6 Å². The van der Waals surface area contributed by atoms with Gasteiger partial charge in [-0.15, -0.1) is 0 Å². The van der Waals surface area contributed by atoms with Crippen molar-refractivity contribution >= 4 is 0 Å². The largest absolute Gasteiger partial charge is 0.508 e. The predicted molar refractivity (Wildman–Crippen MR) is 138 cm³/mol. The number of halogens is 1. The van der Waals surface area contributed by atoms with Gasteiger partial charge in [0.05, 0.1) is 6.67 Å². The lowest BCUT2D eigenvalue weighted by molar-refractivity contribution is 0.165. The Labute approximate surface area is 214 Å². The Hall–Kier alpha value is -4.04. The van der Waals surface area contributed by atoms with Crippen LogP contribution < -0.4 is 9.47 Å². The van der Waals surface area contributed by atoms with Crippen LogP contribution >= 0.6 is 0 Å². The maximum atomic E-state index is 12.9. The molecule has 4 aromatic rings. The lowest BCUT2D eigenvalue weighted by Crippen LogP contribution is -2.35. The number of rotatable bonds is 9. The van der Waals surface area contributed by atoms with Crippen molar-refractivity contribution in [1.29, 1.82) is 0 Å². The molecule has 2 atom stereocenters. The van der Waals surface area contributed by atoms with Crippen LogP contribution in [0.1, 0.15) is 13.3 Å². The molecule has 1 aliphatic heterocycles. The van der Waals surface area contributed by atoms with Gasteiger partial charge in [-0.25, -0.2) is 0 Å². The van der Waals surface area contributed by atoms with Crippen molar-refractivity contribution in [3.05, 3.63) is 72.8 Å². The van der Waals surface area contributed by atoms with Gasteiger partial charge in [-0.05, 0) is 92.7 Å². The fourth-order valence-corrected chi connectivity index (χ4v) is 4.41. The normalized spacial score (nSPS) is 16.5. The maximum Gasteiger partial charge on any atom is 0.210 e. The summed E-state index contributed by atoms with van der Waals surface area (Å²) < 4.78 is 30.8. The molecular weight excluding hydrogens is 475 g/mol. The van der Waals surface area contributed by atoms with E-state index in [4.69, 9.17) is 14.0 Å². The topological polar surface area (TPSA) is 88.2 Å². The van der Waals surface area contributed by atoms with Gasteiger partial charge >= 0.3 is 0 Å². The first kappa shape index (κ1) is 24.6. The molecule has 1 saturated heterocycles. The van der Waals surface area contributed by atoms with Gasteiger partial charge in [0.15, 0.2) is 5.69 Å². The Morgan fingerprint density at radius 2 is 1.57 bits per heavy atom. The van der Waals surface area contributed by atoms with Gasteiger partial charge in [0.25, 0.3) is 0 Å². The molecule has 0 radical (unpaired) electrons. The second-order valence-electron chi connectivity index (χ2n) is 9.32. The molecule has 8 heteroatoms. The van der Waals surface area contributed by atoms with E-state index in [-0.39, 0.29) is 30.1 Å². The number of ether oxygens (including phenoxy) is 2. The number of benzene rings is 3. The zero-order chi connectivity index (χ0) is 25.8. The van der Waals surface area contributed by atoms with E-state index >= 15 is 0 Å². The third kappa shape index (κ3) is 5.70. The van der Waals surface area contributed by atoms with Gasteiger partial charge in [-0.1, -0.05) is 5.16 Å². The van der Waals surface area contributed by atoms with Crippen LogP contribution in [0.3, 0.4) is 0 Å². The summed E-state index contributed by atoms with van der Waals surface area (Å²) in [5, 5.41) is 23.6. The van der Waals surface area contributed by atoms with Crippen molar-refractivity contribution in [2.24, 2.45) is 5.92 Å². The first-order valence-electron chi connectivity index (χ1n) is 12.3. The van der Waals surface area contributed by atoms with Gasteiger partial charge in [0.1, 0.15) is 29.6 Å². The molecule has 0 aliphatic carbocycles. The SMILES string of the molecule is CC(COc1ccc(Oc2c(-c3ccc(O)cc3)noc2-c2ccc(O)cc2)cc1)N1CCC(CF)C1.